The van der Waals surface area contributed by atoms with Gasteiger partial charge in [-0.1, -0.05) is 28.1 Å². The van der Waals surface area contributed by atoms with Crippen molar-refractivity contribution in [3.05, 3.63) is 34.3 Å². The first-order valence-electron chi connectivity index (χ1n) is 4.90. The highest BCUT2D eigenvalue weighted by Crippen LogP contribution is 2.27. The molecular weight excluding hydrogens is 280 g/mol. The van der Waals surface area contributed by atoms with Gasteiger partial charge < -0.3 is 10.1 Å². The first-order chi connectivity index (χ1) is 7.56. The van der Waals surface area contributed by atoms with Crippen LogP contribution in [0.4, 0.5) is 8.78 Å². The van der Waals surface area contributed by atoms with Gasteiger partial charge in [-0.25, -0.2) is 0 Å². The second kappa shape index (κ2) is 6.27. The largest absolute Gasteiger partial charge is 0.383 e. The summed E-state index contributed by atoms with van der Waals surface area (Å²) in [5, 5.41) is 2.65. The minimum atomic E-state index is -2.85. The predicted molar refractivity (Wildman–Crippen MR) is 62.8 cm³/mol. The van der Waals surface area contributed by atoms with Crippen molar-refractivity contribution in [1.82, 2.24) is 5.32 Å². The van der Waals surface area contributed by atoms with E-state index in [0.717, 1.165) is 4.47 Å². The molecule has 1 aromatic carbocycles. The number of hydrogen-bond donors (Lipinski definition) is 1. The summed E-state index contributed by atoms with van der Waals surface area (Å²) in [6, 6.07) is 6.06. The normalized spacial score (nSPS) is 11.8. The third kappa shape index (κ3) is 4.15. The van der Waals surface area contributed by atoms with Crippen LogP contribution in [0.2, 0.25) is 0 Å². The van der Waals surface area contributed by atoms with Crippen molar-refractivity contribution in [3.8, 4) is 0 Å². The Bertz CT molecular complexity index is 316. The quantitative estimate of drug-likeness (QED) is 0.815. The van der Waals surface area contributed by atoms with E-state index in [2.05, 4.69) is 21.2 Å². The van der Waals surface area contributed by atoms with Gasteiger partial charge >= 0.3 is 0 Å². The van der Waals surface area contributed by atoms with Gasteiger partial charge in [0, 0.05) is 23.7 Å². The molecule has 0 atom stereocenters. The number of methoxy groups -OCH3 is 1. The molecule has 1 aromatic rings. The molecule has 0 aliphatic heterocycles. The Labute approximate surface area is 102 Å². The molecule has 90 valence electrons. The number of rotatable bonds is 6. The molecule has 0 aliphatic carbocycles. The van der Waals surface area contributed by atoms with Crippen LogP contribution in [0.25, 0.3) is 0 Å². The van der Waals surface area contributed by atoms with Crippen molar-refractivity contribution < 1.29 is 13.5 Å². The van der Waals surface area contributed by atoms with Crippen molar-refractivity contribution in [3.63, 3.8) is 0 Å². The summed E-state index contributed by atoms with van der Waals surface area (Å²) < 4.78 is 32.7. The Morgan fingerprint density at radius 1 is 1.31 bits per heavy atom. The van der Waals surface area contributed by atoms with E-state index in [4.69, 9.17) is 4.74 Å². The maximum absolute atomic E-state index is 13.6. The van der Waals surface area contributed by atoms with Gasteiger partial charge in [0.25, 0.3) is 5.92 Å². The van der Waals surface area contributed by atoms with E-state index in [1.807, 2.05) is 0 Å². The fourth-order valence-electron chi connectivity index (χ4n) is 1.22. The van der Waals surface area contributed by atoms with E-state index in [1.165, 1.54) is 19.2 Å². The maximum Gasteiger partial charge on any atom is 0.285 e. The smallest absolute Gasteiger partial charge is 0.285 e. The SMILES string of the molecule is COCCNCC(F)(F)c1ccc(Br)cc1. The van der Waals surface area contributed by atoms with E-state index >= 15 is 0 Å². The highest BCUT2D eigenvalue weighted by Gasteiger charge is 2.30. The lowest BCUT2D eigenvalue weighted by molar-refractivity contribution is -0.00416. The summed E-state index contributed by atoms with van der Waals surface area (Å²) in [6.45, 7) is 0.469. The van der Waals surface area contributed by atoms with Crippen LogP contribution < -0.4 is 5.32 Å². The van der Waals surface area contributed by atoms with Crippen LogP contribution in [0.15, 0.2) is 28.7 Å². The van der Waals surface area contributed by atoms with Crippen LogP contribution in [0.3, 0.4) is 0 Å². The second-order valence-corrected chi connectivity index (χ2v) is 4.30. The third-order valence-electron chi connectivity index (χ3n) is 2.10. The molecule has 0 saturated heterocycles. The van der Waals surface area contributed by atoms with Gasteiger partial charge in [0.1, 0.15) is 0 Å². The van der Waals surface area contributed by atoms with Crippen LogP contribution >= 0.6 is 15.9 Å². The maximum atomic E-state index is 13.6. The molecular formula is C11H14BrF2NO. The topological polar surface area (TPSA) is 21.3 Å². The molecule has 0 radical (unpaired) electrons. The Morgan fingerprint density at radius 2 is 1.94 bits per heavy atom. The standard InChI is InChI=1S/C11H14BrF2NO/c1-16-7-6-15-8-11(13,14)9-2-4-10(12)5-3-9/h2-5,15H,6-8H2,1H3. The first kappa shape index (κ1) is 13.5. The van der Waals surface area contributed by atoms with Gasteiger partial charge in [-0.2, -0.15) is 8.78 Å². The average molecular weight is 294 g/mol. The molecule has 2 nitrogen and oxygen atoms in total. The monoisotopic (exact) mass is 293 g/mol. The molecule has 0 fully saturated rings. The lowest BCUT2D eigenvalue weighted by Gasteiger charge is -2.17. The van der Waals surface area contributed by atoms with Gasteiger partial charge in [0.15, 0.2) is 0 Å². The molecule has 5 heteroatoms. The Balaban J connectivity index is 2.52. The third-order valence-corrected chi connectivity index (χ3v) is 2.63. The Morgan fingerprint density at radius 3 is 2.50 bits per heavy atom. The van der Waals surface area contributed by atoms with E-state index in [1.54, 1.807) is 12.1 Å². The summed E-state index contributed by atoms with van der Waals surface area (Å²) in [5.41, 5.74) is 0.0145. The van der Waals surface area contributed by atoms with E-state index in [0.29, 0.717) is 13.2 Å². The van der Waals surface area contributed by atoms with Crippen molar-refractivity contribution in [2.45, 2.75) is 5.92 Å². The summed E-state index contributed by atoms with van der Waals surface area (Å²) in [6.07, 6.45) is 0. The minimum absolute atomic E-state index is 0.0145. The predicted octanol–water partition coefficient (Wildman–Crippen LogP) is 2.78. The van der Waals surface area contributed by atoms with Crippen molar-refractivity contribution >= 4 is 15.9 Å². The highest BCUT2D eigenvalue weighted by atomic mass is 79.9. The molecule has 0 amide bonds. The molecule has 0 aliphatic rings. The molecule has 1 N–H and O–H groups in total. The molecule has 1 rings (SSSR count). The first-order valence-corrected chi connectivity index (χ1v) is 5.69. The number of nitrogens with one attached hydrogen (secondary N) is 1. The summed E-state index contributed by atoms with van der Waals surface area (Å²) in [5.74, 6) is -2.85. The second-order valence-electron chi connectivity index (χ2n) is 3.38. The number of alkyl halides is 2. The van der Waals surface area contributed by atoms with Crippen LogP contribution in [-0.4, -0.2) is 26.8 Å². The fraction of sp³-hybridized carbons (Fsp3) is 0.455. The molecule has 0 unspecified atom stereocenters. The van der Waals surface area contributed by atoms with Crippen molar-refractivity contribution in [2.24, 2.45) is 0 Å². The van der Waals surface area contributed by atoms with Gasteiger partial charge in [0.2, 0.25) is 0 Å². The molecule has 16 heavy (non-hydrogen) atoms. The minimum Gasteiger partial charge on any atom is -0.383 e. The summed E-state index contributed by atoms with van der Waals surface area (Å²) in [4.78, 5) is 0. The summed E-state index contributed by atoms with van der Waals surface area (Å²) >= 11 is 3.21. The van der Waals surface area contributed by atoms with Crippen LogP contribution in [-0.2, 0) is 10.7 Å². The van der Waals surface area contributed by atoms with Crippen molar-refractivity contribution in [1.29, 1.82) is 0 Å². The zero-order valence-corrected chi connectivity index (χ0v) is 10.6. The van der Waals surface area contributed by atoms with E-state index in [-0.39, 0.29) is 12.1 Å². The lowest BCUT2D eigenvalue weighted by atomic mass is 10.1. The number of halogens is 3. The molecule has 0 saturated carbocycles. The Hall–Kier alpha value is -0.520. The number of benzene rings is 1. The summed E-state index contributed by atoms with van der Waals surface area (Å²) in [7, 11) is 1.54. The molecule has 0 spiro atoms. The molecule has 0 heterocycles. The van der Waals surface area contributed by atoms with Crippen LogP contribution in [0, 0.1) is 0 Å². The van der Waals surface area contributed by atoms with Gasteiger partial charge in [0.05, 0.1) is 13.2 Å². The zero-order valence-electron chi connectivity index (χ0n) is 8.97. The van der Waals surface area contributed by atoms with Gasteiger partial charge in [-0.15, -0.1) is 0 Å². The van der Waals surface area contributed by atoms with E-state index in [9.17, 15) is 8.78 Å². The Kier molecular flexibility index (Phi) is 5.31. The number of ether oxygens (including phenoxy) is 1. The molecule has 0 aromatic heterocycles. The lowest BCUT2D eigenvalue weighted by Crippen LogP contribution is -2.32. The fourth-order valence-corrected chi connectivity index (χ4v) is 1.48. The van der Waals surface area contributed by atoms with E-state index < -0.39 is 5.92 Å². The van der Waals surface area contributed by atoms with Gasteiger partial charge in [-0.3, -0.25) is 0 Å². The highest BCUT2D eigenvalue weighted by molar-refractivity contribution is 9.10. The van der Waals surface area contributed by atoms with Crippen molar-refractivity contribution in [2.75, 3.05) is 26.8 Å². The number of hydrogen-bond acceptors (Lipinski definition) is 2. The van der Waals surface area contributed by atoms with Crippen LogP contribution in [0.1, 0.15) is 5.56 Å². The van der Waals surface area contributed by atoms with Gasteiger partial charge in [-0.05, 0) is 12.1 Å². The zero-order chi connectivity index (χ0) is 12.0. The molecule has 0 bridgehead atoms. The average Bonchev–Trinajstić information content (AvgIpc) is 2.25. The van der Waals surface area contributed by atoms with Crippen LogP contribution in [0.5, 0.6) is 0 Å².